The first-order chi connectivity index (χ1) is 6.79. The van der Waals surface area contributed by atoms with Gasteiger partial charge in [0.15, 0.2) is 0 Å². The molecular weight excluding hydrogens is 886 g/mol. The summed E-state index contributed by atoms with van der Waals surface area (Å²) in [6.07, 6.45) is 1.13. The molecule has 84 valence electrons. The van der Waals surface area contributed by atoms with E-state index in [1.54, 1.807) is 5.19 Å². The van der Waals surface area contributed by atoms with E-state index in [0.29, 0.717) is 0 Å². The molecule has 1 rings (SSSR count). The molecule has 0 heterocycles. The van der Waals surface area contributed by atoms with Crippen molar-refractivity contribution in [3.8, 4) is 0 Å². The summed E-state index contributed by atoms with van der Waals surface area (Å²) in [7, 11) is 0. The van der Waals surface area contributed by atoms with E-state index in [1.165, 1.54) is 16.3 Å². The van der Waals surface area contributed by atoms with Gasteiger partial charge in [-0.1, -0.05) is 78.4 Å². The van der Waals surface area contributed by atoms with Crippen LogP contribution in [0.3, 0.4) is 0 Å². The van der Waals surface area contributed by atoms with Gasteiger partial charge in [-0.15, -0.1) is 0 Å². The van der Waals surface area contributed by atoms with Crippen LogP contribution < -0.4 is 5.19 Å². The number of rotatable bonds is 2. The predicted molar refractivity (Wildman–Crippen MR) is 121 cm³/mol. The van der Waals surface area contributed by atoms with Crippen molar-refractivity contribution in [2.75, 3.05) is 0 Å². The average molecular weight is 892 g/mol. The third-order valence-corrected chi connectivity index (χ3v) is 14.1. The van der Waals surface area contributed by atoms with Crippen LogP contribution in [0, 0.1) is 10.7 Å². The molecule has 0 aliphatic carbocycles. The fourth-order valence-corrected chi connectivity index (χ4v) is 14.2. The maximum atomic E-state index is 2.63. The highest BCUT2D eigenvalue weighted by molar-refractivity contribution is 14.4. The monoisotopic (exact) mass is 891 g/mol. The molecule has 15 heavy (non-hydrogen) atoms. The van der Waals surface area contributed by atoms with Crippen molar-refractivity contribution in [2.45, 2.75) is 13.3 Å². The van der Waals surface area contributed by atoms with E-state index in [-0.39, 0.29) is 0 Å². The molecule has 0 amide bonds. The molecular formula is C8H6I6Si. The van der Waals surface area contributed by atoms with Crippen molar-refractivity contribution < 1.29 is 0 Å². The highest BCUT2D eigenvalue weighted by atomic mass is 127. The lowest BCUT2D eigenvalue weighted by Gasteiger charge is -2.17. The van der Waals surface area contributed by atoms with Gasteiger partial charge in [-0.25, -0.2) is 0 Å². The minimum absolute atomic E-state index is 1.13. The first-order valence-corrected chi connectivity index (χ1v) is 18.6. The van der Waals surface area contributed by atoms with E-state index in [0.717, 1.165) is 6.42 Å². The maximum absolute atomic E-state index is 2.63. The SMILES string of the molecule is CCc1cc([Si](I)(I)I)c(I)c(I)c1I. The number of hydrogen-bond donors (Lipinski definition) is 0. The summed E-state index contributed by atoms with van der Waals surface area (Å²) in [5.74, 6) is 0. The molecule has 0 fully saturated rings. The van der Waals surface area contributed by atoms with E-state index in [1.807, 2.05) is 0 Å². The fourth-order valence-electron chi connectivity index (χ4n) is 1.12. The number of halogens is 6. The van der Waals surface area contributed by atoms with Gasteiger partial charge in [-0.05, 0) is 84.9 Å². The molecule has 0 radical (unpaired) electrons. The molecule has 0 unspecified atom stereocenters. The van der Waals surface area contributed by atoms with E-state index >= 15 is 0 Å². The Hall–Kier alpha value is 3.82. The van der Waals surface area contributed by atoms with Gasteiger partial charge in [0.2, 0.25) is 0 Å². The van der Waals surface area contributed by atoms with Crippen molar-refractivity contribution >= 4 is 139 Å². The second kappa shape index (κ2) is 7.01. The minimum Gasteiger partial charge on any atom is -0.0854 e. The number of aryl methyl sites for hydroxylation is 1. The molecule has 0 saturated heterocycles. The Morgan fingerprint density at radius 3 is 1.93 bits per heavy atom. The van der Waals surface area contributed by atoms with Crippen LogP contribution >= 0.6 is 133 Å². The lowest BCUT2D eigenvalue weighted by molar-refractivity contribution is 1.12. The van der Waals surface area contributed by atoms with Gasteiger partial charge in [-0.3, -0.25) is 0 Å². The Balaban J connectivity index is 3.49. The molecule has 0 N–H and O–H groups in total. The molecule has 7 heteroatoms. The number of hydrogen-bond acceptors (Lipinski definition) is 0. The van der Waals surface area contributed by atoms with Gasteiger partial charge in [0.05, 0.1) is 0 Å². The highest BCUT2D eigenvalue weighted by Crippen LogP contribution is 2.34. The van der Waals surface area contributed by atoms with Gasteiger partial charge in [0.1, 0.15) is 0 Å². The van der Waals surface area contributed by atoms with Crippen molar-refractivity contribution in [2.24, 2.45) is 0 Å². The first kappa shape index (κ1) is 16.9. The minimum atomic E-state index is -1.29. The van der Waals surface area contributed by atoms with Gasteiger partial charge < -0.3 is 0 Å². The van der Waals surface area contributed by atoms with Crippen molar-refractivity contribution in [1.82, 2.24) is 0 Å². The Morgan fingerprint density at radius 2 is 1.53 bits per heavy atom. The van der Waals surface area contributed by atoms with Crippen LogP contribution in [0.4, 0.5) is 0 Å². The predicted octanol–water partition coefficient (Wildman–Crippen LogP) is 5.51. The lowest BCUT2D eigenvalue weighted by Crippen LogP contribution is -2.32. The summed E-state index contributed by atoms with van der Waals surface area (Å²) in [6.45, 7) is 2.24. The quantitative estimate of drug-likeness (QED) is 0.159. The van der Waals surface area contributed by atoms with Crippen LogP contribution in [-0.4, -0.2) is 0.564 Å². The molecule has 0 spiro atoms. The van der Waals surface area contributed by atoms with E-state index in [2.05, 4.69) is 146 Å². The second-order valence-electron chi connectivity index (χ2n) is 2.88. The first-order valence-electron chi connectivity index (χ1n) is 4.02. The van der Waals surface area contributed by atoms with Crippen molar-refractivity contribution in [3.05, 3.63) is 22.3 Å². The van der Waals surface area contributed by atoms with Crippen molar-refractivity contribution in [3.63, 3.8) is 0 Å². The summed E-state index contributed by atoms with van der Waals surface area (Å²) in [5, 5.41) is 1.58. The molecule has 1 aromatic carbocycles. The van der Waals surface area contributed by atoms with Gasteiger partial charge in [0, 0.05) is 10.7 Å². The molecule has 0 aromatic heterocycles. The lowest BCUT2D eigenvalue weighted by atomic mass is 10.2. The smallest absolute Gasteiger partial charge is 0.0854 e. The van der Waals surface area contributed by atoms with Crippen LogP contribution in [0.25, 0.3) is 0 Å². The second-order valence-corrected chi connectivity index (χ2v) is 40.8. The highest BCUT2D eigenvalue weighted by Gasteiger charge is 2.29. The molecule has 0 aliphatic rings. The normalized spacial score (nSPS) is 11.9. The summed E-state index contributed by atoms with van der Waals surface area (Å²) in [6, 6.07) is 2.42. The number of benzene rings is 1. The Kier molecular flexibility index (Phi) is 7.88. The van der Waals surface area contributed by atoms with Crippen LogP contribution in [0.15, 0.2) is 6.07 Å². The Labute approximate surface area is 170 Å². The molecule has 1 aromatic rings. The van der Waals surface area contributed by atoms with Crippen LogP contribution in [-0.2, 0) is 6.42 Å². The van der Waals surface area contributed by atoms with E-state index in [9.17, 15) is 0 Å². The molecule has 0 saturated carbocycles. The molecule has 0 nitrogen and oxygen atoms in total. The summed E-state index contributed by atoms with van der Waals surface area (Å²) < 4.78 is 3.04. The van der Waals surface area contributed by atoms with E-state index < -0.39 is 0.564 Å². The zero-order valence-electron chi connectivity index (χ0n) is 7.55. The maximum Gasteiger partial charge on any atom is 0.284 e. The summed E-state index contributed by atoms with van der Waals surface area (Å²) >= 11 is 15.3. The zero-order valence-corrected chi connectivity index (χ0v) is 21.5. The fraction of sp³-hybridized carbons (Fsp3) is 0.250. The standard InChI is InChI=1S/C8H6I6Si/c1-2-4-3-5(15(12,13)14)7(10)8(11)6(4)9/h3H,2H2,1H3. The van der Waals surface area contributed by atoms with Gasteiger partial charge >= 0.3 is 0 Å². The van der Waals surface area contributed by atoms with Gasteiger partial charge in [-0.2, -0.15) is 0 Å². The zero-order chi connectivity index (χ0) is 11.8. The molecule has 0 atom stereocenters. The molecule has 0 bridgehead atoms. The van der Waals surface area contributed by atoms with Crippen molar-refractivity contribution in [1.29, 1.82) is 0 Å². The Bertz CT molecular complexity index is 384. The van der Waals surface area contributed by atoms with Gasteiger partial charge in [0.25, 0.3) is 0.564 Å². The average Bonchev–Trinajstić information content (AvgIpc) is 2.13. The van der Waals surface area contributed by atoms with Crippen LogP contribution in [0.2, 0.25) is 0 Å². The third kappa shape index (κ3) is 4.40. The summed E-state index contributed by atoms with van der Waals surface area (Å²) in [5.41, 5.74) is 1.50. The Morgan fingerprint density at radius 1 is 1.00 bits per heavy atom. The van der Waals surface area contributed by atoms with Crippen LogP contribution in [0.5, 0.6) is 0 Å². The topological polar surface area (TPSA) is 0 Å². The van der Waals surface area contributed by atoms with Crippen LogP contribution in [0.1, 0.15) is 12.5 Å². The van der Waals surface area contributed by atoms with E-state index in [4.69, 9.17) is 0 Å². The third-order valence-electron chi connectivity index (χ3n) is 1.91. The molecule has 0 aliphatic heterocycles. The summed E-state index contributed by atoms with van der Waals surface area (Å²) in [4.78, 5) is 0. The largest absolute Gasteiger partial charge is 0.284 e.